The topological polar surface area (TPSA) is 23.8 Å². The van der Waals surface area contributed by atoms with Gasteiger partial charge in [-0.1, -0.05) is 61.7 Å². The van der Waals surface area contributed by atoms with Crippen LogP contribution >= 0.6 is 23.4 Å². The van der Waals surface area contributed by atoms with Gasteiger partial charge in [-0.25, -0.2) is 0 Å². The molecule has 1 nitrogen and oxygen atoms in total. The van der Waals surface area contributed by atoms with Gasteiger partial charge in [-0.15, -0.1) is 11.6 Å². The van der Waals surface area contributed by atoms with Crippen LogP contribution in [0.5, 0.6) is 0 Å². The summed E-state index contributed by atoms with van der Waals surface area (Å²) in [5, 5.41) is 11.1. The van der Waals surface area contributed by atoms with Crippen LogP contribution in [0.1, 0.15) is 18.9 Å². The minimum absolute atomic E-state index is 0.212. The van der Waals surface area contributed by atoms with Crippen LogP contribution < -0.4 is 0 Å². The Balaban J connectivity index is 3.04. The maximum atomic E-state index is 9.09. The highest BCUT2D eigenvalue weighted by atomic mass is 35.5. The summed E-state index contributed by atoms with van der Waals surface area (Å²) >= 11 is 7.73. The molecule has 0 aliphatic carbocycles. The van der Waals surface area contributed by atoms with Crippen LogP contribution in [0, 0.1) is 10.7 Å². The van der Waals surface area contributed by atoms with Gasteiger partial charge in [0, 0.05) is 0 Å². The summed E-state index contributed by atoms with van der Waals surface area (Å²) in [4.78, 5) is 0. The molecule has 104 valence electrons. The van der Waals surface area contributed by atoms with E-state index in [1.54, 1.807) is 12.2 Å². The number of alkyl halides is 1. The Hall–Kier alpha value is -1.43. The standard InChI is InChI=1S/C17H18ClNS/c1-4-9-14(5-2)16(18)12-17(3,20-13-19)15-10-7-6-8-11-15/h4-11,16H,1-2,12H2,3H3/b14-9+. The molecular formula is C17H18ClNS. The summed E-state index contributed by atoms with van der Waals surface area (Å²) in [5.74, 6) is 0. The Morgan fingerprint density at radius 1 is 1.45 bits per heavy atom. The Labute approximate surface area is 130 Å². The molecule has 0 amide bonds. The maximum absolute atomic E-state index is 9.09. The summed E-state index contributed by atoms with van der Waals surface area (Å²) < 4.78 is -0.355. The monoisotopic (exact) mass is 303 g/mol. The first-order valence-corrected chi connectivity index (χ1v) is 7.54. The molecule has 0 fully saturated rings. The minimum Gasteiger partial charge on any atom is -0.185 e. The highest BCUT2D eigenvalue weighted by Gasteiger charge is 2.31. The van der Waals surface area contributed by atoms with Crippen molar-refractivity contribution in [3.63, 3.8) is 0 Å². The zero-order valence-corrected chi connectivity index (χ0v) is 13.1. The lowest BCUT2D eigenvalue weighted by Gasteiger charge is -2.29. The number of nitriles is 1. The number of allylic oxidation sites excluding steroid dienone is 4. The maximum Gasteiger partial charge on any atom is 0.134 e. The molecule has 3 heteroatoms. The average molecular weight is 304 g/mol. The molecular weight excluding hydrogens is 286 g/mol. The van der Waals surface area contributed by atoms with Crippen LogP contribution in [0.3, 0.4) is 0 Å². The predicted molar refractivity (Wildman–Crippen MR) is 89.7 cm³/mol. The van der Waals surface area contributed by atoms with Gasteiger partial charge in [-0.3, -0.25) is 0 Å². The molecule has 0 aromatic heterocycles. The Morgan fingerprint density at radius 2 is 2.10 bits per heavy atom. The van der Waals surface area contributed by atoms with E-state index in [-0.39, 0.29) is 10.1 Å². The second kappa shape index (κ2) is 7.99. The second-order valence-electron chi connectivity index (χ2n) is 4.57. The number of hydrogen-bond acceptors (Lipinski definition) is 2. The molecule has 0 aliphatic rings. The van der Waals surface area contributed by atoms with E-state index in [4.69, 9.17) is 16.9 Å². The molecule has 1 rings (SSSR count). The van der Waals surface area contributed by atoms with Crippen molar-refractivity contribution in [1.82, 2.24) is 0 Å². The van der Waals surface area contributed by atoms with Crippen molar-refractivity contribution in [2.24, 2.45) is 0 Å². The van der Waals surface area contributed by atoms with Gasteiger partial charge in [0.2, 0.25) is 0 Å². The number of benzene rings is 1. The van der Waals surface area contributed by atoms with Crippen molar-refractivity contribution in [2.45, 2.75) is 23.5 Å². The van der Waals surface area contributed by atoms with Crippen LogP contribution in [0.15, 0.2) is 67.3 Å². The van der Waals surface area contributed by atoms with Crippen LogP contribution in [0.2, 0.25) is 0 Å². The largest absolute Gasteiger partial charge is 0.185 e. The number of nitrogens with zero attached hydrogens (tertiary/aromatic N) is 1. The molecule has 20 heavy (non-hydrogen) atoms. The average Bonchev–Trinajstić information content (AvgIpc) is 2.45. The van der Waals surface area contributed by atoms with Gasteiger partial charge < -0.3 is 0 Å². The third-order valence-electron chi connectivity index (χ3n) is 3.13. The molecule has 2 unspecified atom stereocenters. The normalized spacial score (nSPS) is 15.8. The van der Waals surface area contributed by atoms with Crippen molar-refractivity contribution in [1.29, 1.82) is 5.26 Å². The summed E-state index contributed by atoms with van der Waals surface area (Å²) in [5.41, 5.74) is 2.02. The van der Waals surface area contributed by atoms with Crippen molar-refractivity contribution in [3.05, 3.63) is 72.9 Å². The zero-order valence-electron chi connectivity index (χ0n) is 11.6. The lowest BCUT2D eigenvalue weighted by molar-refractivity contribution is 0.630. The van der Waals surface area contributed by atoms with Crippen LogP contribution in [-0.4, -0.2) is 5.38 Å². The highest BCUT2D eigenvalue weighted by Crippen LogP contribution is 2.42. The first kappa shape index (κ1) is 16.6. The Morgan fingerprint density at radius 3 is 2.60 bits per heavy atom. The van der Waals surface area contributed by atoms with Crippen LogP contribution in [-0.2, 0) is 4.75 Å². The van der Waals surface area contributed by atoms with E-state index in [0.29, 0.717) is 6.42 Å². The molecule has 0 heterocycles. The van der Waals surface area contributed by atoms with E-state index >= 15 is 0 Å². The molecule has 2 atom stereocenters. The van der Waals surface area contributed by atoms with Gasteiger partial charge in [-0.2, -0.15) is 5.26 Å². The molecule has 0 bridgehead atoms. The Kier molecular flexibility index (Phi) is 6.64. The van der Waals surface area contributed by atoms with Crippen molar-refractivity contribution in [2.75, 3.05) is 0 Å². The van der Waals surface area contributed by atoms with E-state index in [1.165, 1.54) is 11.8 Å². The fourth-order valence-corrected chi connectivity index (χ4v) is 3.27. The van der Waals surface area contributed by atoms with Gasteiger partial charge >= 0.3 is 0 Å². The molecule has 0 aliphatic heterocycles. The first-order valence-electron chi connectivity index (χ1n) is 6.29. The number of thiocyanates is 1. The summed E-state index contributed by atoms with van der Waals surface area (Å²) in [6, 6.07) is 9.97. The third kappa shape index (κ3) is 4.30. The van der Waals surface area contributed by atoms with Crippen molar-refractivity contribution < 1.29 is 0 Å². The lowest BCUT2D eigenvalue weighted by Crippen LogP contribution is -2.22. The molecule has 1 aromatic rings. The number of hydrogen-bond donors (Lipinski definition) is 0. The van der Waals surface area contributed by atoms with E-state index in [2.05, 4.69) is 18.6 Å². The van der Waals surface area contributed by atoms with Gasteiger partial charge in [0.25, 0.3) is 0 Å². The van der Waals surface area contributed by atoms with Crippen molar-refractivity contribution >= 4 is 23.4 Å². The van der Waals surface area contributed by atoms with E-state index in [1.807, 2.05) is 43.3 Å². The van der Waals surface area contributed by atoms with Gasteiger partial charge in [0.15, 0.2) is 0 Å². The smallest absolute Gasteiger partial charge is 0.134 e. The number of halogens is 1. The molecule has 0 saturated carbocycles. The van der Waals surface area contributed by atoms with E-state index in [9.17, 15) is 0 Å². The van der Waals surface area contributed by atoms with E-state index < -0.39 is 0 Å². The van der Waals surface area contributed by atoms with Crippen molar-refractivity contribution in [3.8, 4) is 5.40 Å². The SMILES string of the molecule is C=C/C=C(\C=C)C(Cl)CC(C)(SC#N)c1ccccc1. The fraction of sp³-hybridized carbons (Fsp3) is 0.235. The van der Waals surface area contributed by atoms with E-state index in [0.717, 1.165) is 11.1 Å². The summed E-state index contributed by atoms with van der Waals surface area (Å²) in [6.45, 7) is 9.50. The second-order valence-corrected chi connectivity index (χ2v) is 6.38. The van der Waals surface area contributed by atoms with Gasteiger partial charge in [0.05, 0.1) is 10.1 Å². The Bertz CT molecular complexity index is 530. The van der Waals surface area contributed by atoms with Gasteiger partial charge in [-0.05, 0) is 36.2 Å². The number of thioether (sulfide) groups is 1. The lowest BCUT2D eigenvalue weighted by atomic mass is 9.92. The molecule has 0 saturated heterocycles. The molecule has 0 radical (unpaired) electrons. The summed E-state index contributed by atoms with van der Waals surface area (Å²) in [7, 11) is 0. The molecule has 0 N–H and O–H groups in total. The van der Waals surface area contributed by atoms with Crippen LogP contribution in [0.4, 0.5) is 0 Å². The third-order valence-corrected chi connectivity index (χ3v) is 4.48. The zero-order chi connectivity index (χ0) is 15.0. The van der Waals surface area contributed by atoms with Gasteiger partial charge in [0.1, 0.15) is 5.40 Å². The minimum atomic E-state index is -0.355. The fourth-order valence-electron chi connectivity index (χ4n) is 2.01. The molecule has 0 spiro atoms. The molecule has 1 aromatic carbocycles. The van der Waals surface area contributed by atoms with Crippen LogP contribution in [0.25, 0.3) is 0 Å². The predicted octanol–water partition coefficient (Wildman–Crippen LogP) is 5.41. The quantitative estimate of drug-likeness (QED) is 0.382. The first-order chi connectivity index (χ1) is 9.57. The highest BCUT2D eigenvalue weighted by molar-refractivity contribution is 8.04. The number of rotatable bonds is 7. The summed E-state index contributed by atoms with van der Waals surface area (Å²) in [6.07, 6.45) is 5.93.